The van der Waals surface area contributed by atoms with E-state index in [1.54, 1.807) is 0 Å². The predicted molar refractivity (Wildman–Crippen MR) is 103 cm³/mol. The van der Waals surface area contributed by atoms with E-state index in [-0.39, 0.29) is 0 Å². The number of nitrogens with two attached hydrogens (primary N) is 1. The van der Waals surface area contributed by atoms with Gasteiger partial charge in [-0.2, -0.15) is 0 Å². The summed E-state index contributed by atoms with van der Waals surface area (Å²) in [4.78, 5) is 4.35. The van der Waals surface area contributed by atoms with Crippen molar-refractivity contribution in [2.45, 2.75) is 103 Å². The van der Waals surface area contributed by atoms with E-state index in [4.69, 9.17) is 5.73 Å². The molecule has 132 valence electrons. The van der Waals surface area contributed by atoms with E-state index in [9.17, 15) is 0 Å². The topological polar surface area (TPSA) is 38.9 Å². The van der Waals surface area contributed by atoms with Gasteiger partial charge in [-0.3, -0.25) is 4.98 Å². The van der Waals surface area contributed by atoms with E-state index in [0.717, 1.165) is 17.8 Å². The van der Waals surface area contributed by atoms with Crippen LogP contribution in [-0.2, 0) is 6.42 Å². The third-order valence-corrected chi connectivity index (χ3v) is 4.69. The lowest BCUT2D eigenvalue weighted by atomic mass is 10.0. The Kier molecular flexibility index (Phi) is 12.6. The number of aryl methyl sites for hydroxylation is 1. The lowest BCUT2D eigenvalue weighted by molar-refractivity contribution is 0.535. The molecule has 0 fully saturated rings. The molecule has 1 rings (SSSR count). The first-order valence-corrected chi connectivity index (χ1v) is 10.0. The van der Waals surface area contributed by atoms with Crippen LogP contribution in [0.5, 0.6) is 0 Å². The average molecular weight is 319 g/mol. The number of aromatic nitrogens is 1. The Balaban J connectivity index is 1.79. The quantitative estimate of drug-likeness (QED) is 0.366. The monoisotopic (exact) mass is 318 g/mol. The standard InChI is InChI=1S/C21H38N2/c1-2-3-4-5-6-7-8-9-10-11-12-13-14-15-18-21-20(22)17-16-19-23-21/h16-17,19H,2-15,18,22H2,1H3. The van der Waals surface area contributed by atoms with Crippen LogP contribution in [0.25, 0.3) is 0 Å². The summed E-state index contributed by atoms with van der Waals surface area (Å²) >= 11 is 0. The summed E-state index contributed by atoms with van der Waals surface area (Å²) in [6, 6.07) is 3.86. The molecule has 1 heterocycles. The van der Waals surface area contributed by atoms with Crippen LogP contribution in [0, 0.1) is 0 Å². The molecule has 0 aliphatic carbocycles. The van der Waals surface area contributed by atoms with Gasteiger partial charge in [0.15, 0.2) is 0 Å². The van der Waals surface area contributed by atoms with Crippen molar-refractivity contribution in [2.75, 3.05) is 5.73 Å². The third kappa shape index (κ3) is 11.2. The molecule has 0 aliphatic rings. The summed E-state index contributed by atoms with van der Waals surface area (Å²) < 4.78 is 0. The Morgan fingerprint density at radius 1 is 0.739 bits per heavy atom. The van der Waals surface area contributed by atoms with Crippen molar-refractivity contribution in [1.82, 2.24) is 4.98 Å². The molecule has 2 N–H and O–H groups in total. The van der Waals surface area contributed by atoms with Gasteiger partial charge in [-0.05, 0) is 25.0 Å². The van der Waals surface area contributed by atoms with Crippen molar-refractivity contribution in [3.63, 3.8) is 0 Å². The molecule has 0 saturated carbocycles. The zero-order valence-electron chi connectivity index (χ0n) is 15.4. The Hall–Kier alpha value is -1.05. The van der Waals surface area contributed by atoms with E-state index in [0.29, 0.717) is 0 Å². The number of hydrogen-bond donors (Lipinski definition) is 1. The summed E-state index contributed by atoms with van der Waals surface area (Å²) in [5.41, 5.74) is 7.84. The van der Waals surface area contributed by atoms with E-state index in [1.165, 1.54) is 89.9 Å². The van der Waals surface area contributed by atoms with Gasteiger partial charge in [0, 0.05) is 6.20 Å². The van der Waals surface area contributed by atoms with Gasteiger partial charge in [-0.1, -0.05) is 90.4 Å². The first-order valence-electron chi connectivity index (χ1n) is 10.0. The lowest BCUT2D eigenvalue weighted by Crippen LogP contribution is -1.97. The van der Waals surface area contributed by atoms with Crippen LogP contribution in [0.3, 0.4) is 0 Å². The molecule has 0 aliphatic heterocycles. The van der Waals surface area contributed by atoms with Crippen LogP contribution in [0.1, 0.15) is 103 Å². The molecule has 2 heteroatoms. The first kappa shape index (κ1) is 20.0. The Morgan fingerprint density at radius 3 is 1.70 bits per heavy atom. The summed E-state index contributed by atoms with van der Waals surface area (Å²) in [5, 5.41) is 0. The average Bonchev–Trinajstić information content (AvgIpc) is 2.57. The maximum absolute atomic E-state index is 5.91. The highest BCUT2D eigenvalue weighted by Crippen LogP contribution is 2.15. The number of unbranched alkanes of at least 4 members (excludes halogenated alkanes) is 13. The van der Waals surface area contributed by atoms with Crippen molar-refractivity contribution < 1.29 is 0 Å². The van der Waals surface area contributed by atoms with Crippen molar-refractivity contribution in [3.05, 3.63) is 24.0 Å². The summed E-state index contributed by atoms with van der Waals surface area (Å²) in [5.74, 6) is 0. The number of anilines is 1. The second kappa shape index (κ2) is 14.5. The maximum atomic E-state index is 5.91. The first-order chi connectivity index (χ1) is 11.3. The van der Waals surface area contributed by atoms with Gasteiger partial charge in [0.25, 0.3) is 0 Å². The minimum absolute atomic E-state index is 0.849. The molecule has 0 aromatic carbocycles. The molecule has 0 amide bonds. The van der Waals surface area contributed by atoms with Gasteiger partial charge < -0.3 is 5.73 Å². The van der Waals surface area contributed by atoms with Gasteiger partial charge in [0.1, 0.15) is 0 Å². The van der Waals surface area contributed by atoms with Crippen LogP contribution in [0.2, 0.25) is 0 Å². The third-order valence-electron chi connectivity index (χ3n) is 4.69. The molecule has 1 aromatic heterocycles. The lowest BCUT2D eigenvalue weighted by Gasteiger charge is -2.05. The fourth-order valence-electron chi connectivity index (χ4n) is 3.15. The molecule has 0 bridgehead atoms. The predicted octanol–water partition coefficient (Wildman–Crippen LogP) is 6.69. The van der Waals surface area contributed by atoms with E-state index >= 15 is 0 Å². The minimum Gasteiger partial charge on any atom is -0.397 e. The minimum atomic E-state index is 0.849. The molecule has 1 aromatic rings. The molecule has 2 nitrogen and oxygen atoms in total. The largest absolute Gasteiger partial charge is 0.397 e. The molecule has 0 unspecified atom stereocenters. The molecular formula is C21H38N2. The molecule has 0 atom stereocenters. The highest BCUT2D eigenvalue weighted by atomic mass is 14.7. The van der Waals surface area contributed by atoms with Gasteiger partial charge in [0.05, 0.1) is 11.4 Å². The number of nitrogen functional groups attached to an aromatic ring is 1. The number of hydrogen-bond acceptors (Lipinski definition) is 2. The van der Waals surface area contributed by atoms with E-state index in [1.807, 2.05) is 18.3 Å². The van der Waals surface area contributed by atoms with Gasteiger partial charge in [-0.25, -0.2) is 0 Å². The fourth-order valence-corrected chi connectivity index (χ4v) is 3.15. The highest BCUT2D eigenvalue weighted by molar-refractivity contribution is 5.41. The zero-order chi connectivity index (χ0) is 16.6. The summed E-state index contributed by atoms with van der Waals surface area (Å²) in [6.45, 7) is 2.29. The van der Waals surface area contributed by atoms with Crippen LogP contribution in [0.4, 0.5) is 5.69 Å². The van der Waals surface area contributed by atoms with Crippen molar-refractivity contribution >= 4 is 5.69 Å². The highest BCUT2D eigenvalue weighted by Gasteiger charge is 1.99. The second-order valence-corrected chi connectivity index (χ2v) is 6.89. The number of rotatable bonds is 15. The van der Waals surface area contributed by atoms with E-state index in [2.05, 4.69) is 11.9 Å². The van der Waals surface area contributed by atoms with Crippen molar-refractivity contribution in [2.24, 2.45) is 0 Å². The molecule has 23 heavy (non-hydrogen) atoms. The van der Waals surface area contributed by atoms with Crippen molar-refractivity contribution in [3.8, 4) is 0 Å². The second-order valence-electron chi connectivity index (χ2n) is 6.89. The zero-order valence-corrected chi connectivity index (χ0v) is 15.4. The van der Waals surface area contributed by atoms with E-state index < -0.39 is 0 Å². The van der Waals surface area contributed by atoms with Gasteiger partial charge in [0.2, 0.25) is 0 Å². The van der Waals surface area contributed by atoms with Crippen LogP contribution in [0.15, 0.2) is 18.3 Å². The Labute approximate surface area is 144 Å². The molecular weight excluding hydrogens is 280 g/mol. The maximum Gasteiger partial charge on any atom is 0.0632 e. The van der Waals surface area contributed by atoms with Gasteiger partial charge >= 0.3 is 0 Å². The summed E-state index contributed by atoms with van der Waals surface area (Å²) in [7, 11) is 0. The smallest absolute Gasteiger partial charge is 0.0632 e. The van der Waals surface area contributed by atoms with Crippen molar-refractivity contribution in [1.29, 1.82) is 0 Å². The normalized spacial score (nSPS) is 11.0. The number of pyridine rings is 1. The fraction of sp³-hybridized carbons (Fsp3) is 0.762. The molecule has 0 radical (unpaired) electrons. The Morgan fingerprint density at radius 2 is 1.22 bits per heavy atom. The Bertz CT molecular complexity index is 376. The number of nitrogens with zero attached hydrogens (tertiary/aromatic N) is 1. The molecule has 0 saturated heterocycles. The SMILES string of the molecule is CCCCCCCCCCCCCCCCc1ncccc1N. The van der Waals surface area contributed by atoms with Gasteiger partial charge in [-0.15, -0.1) is 0 Å². The van der Waals surface area contributed by atoms with Crippen LogP contribution >= 0.6 is 0 Å². The van der Waals surface area contributed by atoms with Crippen LogP contribution in [-0.4, -0.2) is 4.98 Å². The molecule has 0 spiro atoms. The van der Waals surface area contributed by atoms with Crippen LogP contribution < -0.4 is 5.73 Å². The summed E-state index contributed by atoms with van der Waals surface area (Å²) in [6.07, 6.45) is 22.5.